The summed E-state index contributed by atoms with van der Waals surface area (Å²) in [6.07, 6.45) is 0. The van der Waals surface area contributed by atoms with Crippen LogP contribution in [0.3, 0.4) is 0 Å². The van der Waals surface area contributed by atoms with Crippen LogP contribution in [-0.4, -0.2) is 5.91 Å². The van der Waals surface area contributed by atoms with E-state index in [-0.39, 0.29) is 10.9 Å². The number of nitrogens with one attached hydrogen (secondary N) is 1. The summed E-state index contributed by atoms with van der Waals surface area (Å²) in [5.74, 6) is -0.751. The highest BCUT2D eigenvalue weighted by Gasteiger charge is 2.15. The Morgan fingerprint density at radius 3 is 2.57 bits per heavy atom. The van der Waals surface area contributed by atoms with E-state index in [1.165, 1.54) is 29.5 Å². The minimum Gasteiger partial charge on any atom is -0.321 e. The average Bonchev–Trinajstić information content (AvgIpc) is 3.01. The van der Waals surface area contributed by atoms with Crippen LogP contribution in [0.25, 0.3) is 11.1 Å². The second kappa shape index (κ2) is 6.52. The standard InChI is InChI=1S/C18H13ClFNOS/c1-11-2-4-12(5-3-11)14-8-9-23-17(14)18(22)21-13-6-7-16(20)15(19)10-13/h2-10H,1H3,(H,21,22). The Morgan fingerprint density at radius 1 is 1.13 bits per heavy atom. The third-order valence-corrected chi connectivity index (χ3v) is 4.61. The predicted molar refractivity (Wildman–Crippen MR) is 93.9 cm³/mol. The molecular weight excluding hydrogens is 333 g/mol. The van der Waals surface area contributed by atoms with E-state index in [0.29, 0.717) is 10.6 Å². The molecule has 0 saturated heterocycles. The number of benzene rings is 2. The second-order valence-corrected chi connectivity index (χ2v) is 6.44. The minimum atomic E-state index is -0.513. The molecule has 2 nitrogen and oxygen atoms in total. The van der Waals surface area contributed by atoms with E-state index in [1.54, 1.807) is 0 Å². The van der Waals surface area contributed by atoms with E-state index in [2.05, 4.69) is 5.32 Å². The molecule has 1 heterocycles. The second-order valence-electron chi connectivity index (χ2n) is 5.11. The molecule has 0 aliphatic carbocycles. The Morgan fingerprint density at radius 2 is 1.87 bits per heavy atom. The number of halogens is 2. The fourth-order valence-corrected chi connectivity index (χ4v) is 3.20. The van der Waals surface area contributed by atoms with Crippen molar-refractivity contribution in [1.29, 1.82) is 0 Å². The number of aryl methyl sites for hydroxylation is 1. The van der Waals surface area contributed by atoms with Crippen LogP contribution in [0.2, 0.25) is 5.02 Å². The molecule has 0 unspecified atom stereocenters. The van der Waals surface area contributed by atoms with Crippen LogP contribution in [-0.2, 0) is 0 Å². The van der Waals surface area contributed by atoms with Crippen molar-refractivity contribution < 1.29 is 9.18 Å². The van der Waals surface area contributed by atoms with Gasteiger partial charge in [0.1, 0.15) is 5.82 Å². The molecule has 116 valence electrons. The van der Waals surface area contributed by atoms with Gasteiger partial charge in [-0.2, -0.15) is 0 Å². The van der Waals surface area contributed by atoms with Crippen LogP contribution in [0.1, 0.15) is 15.2 Å². The fourth-order valence-electron chi connectivity index (χ4n) is 2.21. The van der Waals surface area contributed by atoms with Crippen molar-refractivity contribution in [3.05, 3.63) is 75.2 Å². The van der Waals surface area contributed by atoms with Gasteiger partial charge in [-0.1, -0.05) is 41.4 Å². The number of hydrogen-bond donors (Lipinski definition) is 1. The molecule has 0 atom stereocenters. The van der Waals surface area contributed by atoms with Gasteiger partial charge >= 0.3 is 0 Å². The molecule has 0 bridgehead atoms. The first-order valence-corrected chi connectivity index (χ1v) is 8.21. The van der Waals surface area contributed by atoms with Crippen molar-refractivity contribution in [3.63, 3.8) is 0 Å². The Kier molecular flexibility index (Phi) is 4.46. The summed E-state index contributed by atoms with van der Waals surface area (Å²) in [5, 5.41) is 4.61. The quantitative estimate of drug-likeness (QED) is 0.641. The molecule has 1 aromatic heterocycles. The van der Waals surface area contributed by atoms with Crippen LogP contribution in [0, 0.1) is 12.7 Å². The molecule has 1 amide bonds. The lowest BCUT2D eigenvalue weighted by Gasteiger charge is -2.07. The smallest absolute Gasteiger partial charge is 0.266 e. The van der Waals surface area contributed by atoms with Crippen LogP contribution < -0.4 is 5.32 Å². The summed E-state index contributed by atoms with van der Waals surface area (Å²) in [5.41, 5.74) is 3.49. The zero-order chi connectivity index (χ0) is 16.4. The molecule has 0 fully saturated rings. The summed E-state index contributed by atoms with van der Waals surface area (Å²) in [6.45, 7) is 2.02. The number of hydrogen-bond acceptors (Lipinski definition) is 2. The number of thiophene rings is 1. The van der Waals surface area contributed by atoms with Crippen LogP contribution in [0.4, 0.5) is 10.1 Å². The third kappa shape index (κ3) is 3.44. The highest BCUT2D eigenvalue weighted by atomic mass is 35.5. The summed E-state index contributed by atoms with van der Waals surface area (Å²) in [7, 11) is 0. The van der Waals surface area contributed by atoms with Gasteiger partial charge in [0.2, 0.25) is 0 Å². The summed E-state index contributed by atoms with van der Waals surface area (Å²) in [4.78, 5) is 13.1. The maximum Gasteiger partial charge on any atom is 0.266 e. The monoisotopic (exact) mass is 345 g/mol. The molecule has 2 aromatic carbocycles. The molecule has 0 aliphatic rings. The van der Waals surface area contributed by atoms with Gasteiger partial charge in [-0.05, 0) is 42.1 Å². The number of anilines is 1. The van der Waals surface area contributed by atoms with Crippen LogP contribution >= 0.6 is 22.9 Å². The van der Waals surface area contributed by atoms with Crippen molar-refractivity contribution in [1.82, 2.24) is 0 Å². The van der Waals surface area contributed by atoms with Crippen molar-refractivity contribution >= 4 is 34.5 Å². The van der Waals surface area contributed by atoms with Gasteiger partial charge in [-0.25, -0.2) is 4.39 Å². The van der Waals surface area contributed by atoms with Gasteiger partial charge in [0.25, 0.3) is 5.91 Å². The van der Waals surface area contributed by atoms with Gasteiger partial charge in [0.05, 0.1) is 9.90 Å². The van der Waals surface area contributed by atoms with E-state index in [4.69, 9.17) is 11.6 Å². The predicted octanol–water partition coefficient (Wildman–Crippen LogP) is 5.77. The molecule has 3 rings (SSSR count). The van der Waals surface area contributed by atoms with E-state index >= 15 is 0 Å². The summed E-state index contributed by atoms with van der Waals surface area (Å²) < 4.78 is 13.2. The lowest BCUT2D eigenvalue weighted by atomic mass is 10.0. The molecule has 23 heavy (non-hydrogen) atoms. The zero-order valence-electron chi connectivity index (χ0n) is 12.3. The van der Waals surface area contributed by atoms with Gasteiger partial charge in [0.15, 0.2) is 0 Å². The molecule has 0 saturated carbocycles. The van der Waals surface area contributed by atoms with Crippen molar-refractivity contribution in [2.75, 3.05) is 5.32 Å². The molecule has 5 heteroatoms. The molecule has 0 aliphatic heterocycles. The maximum atomic E-state index is 13.2. The highest BCUT2D eigenvalue weighted by molar-refractivity contribution is 7.12. The van der Waals surface area contributed by atoms with Crippen LogP contribution in [0.5, 0.6) is 0 Å². The molecule has 0 spiro atoms. The van der Waals surface area contributed by atoms with Gasteiger partial charge < -0.3 is 5.32 Å². The van der Waals surface area contributed by atoms with E-state index in [9.17, 15) is 9.18 Å². The Labute approximate surface area is 142 Å². The Balaban J connectivity index is 1.87. The highest BCUT2D eigenvalue weighted by Crippen LogP contribution is 2.29. The zero-order valence-corrected chi connectivity index (χ0v) is 13.8. The first-order chi connectivity index (χ1) is 11.0. The van der Waals surface area contributed by atoms with Gasteiger partial charge in [-0.3, -0.25) is 4.79 Å². The topological polar surface area (TPSA) is 29.1 Å². The minimum absolute atomic E-state index is 0.0206. The number of carbonyl (C=O) groups is 1. The summed E-state index contributed by atoms with van der Waals surface area (Å²) in [6, 6.07) is 14.0. The SMILES string of the molecule is Cc1ccc(-c2ccsc2C(=O)Nc2ccc(F)c(Cl)c2)cc1. The largest absolute Gasteiger partial charge is 0.321 e. The van der Waals surface area contributed by atoms with E-state index in [0.717, 1.165) is 16.7 Å². The first kappa shape index (κ1) is 15.7. The first-order valence-electron chi connectivity index (χ1n) is 6.95. The average molecular weight is 346 g/mol. The van der Waals surface area contributed by atoms with Crippen molar-refractivity contribution in [2.24, 2.45) is 0 Å². The Hall–Kier alpha value is -2.17. The van der Waals surface area contributed by atoms with Crippen molar-refractivity contribution in [3.8, 4) is 11.1 Å². The van der Waals surface area contributed by atoms with Crippen LogP contribution in [0.15, 0.2) is 53.9 Å². The van der Waals surface area contributed by atoms with Gasteiger partial charge in [-0.15, -0.1) is 11.3 Å². The lowest BCUT2D eigenvalue weighted by molar-refractivity contribution is 0.103. The number of amides is 1. The fraction of sp³-hybridized carbons (Fsp3) is 0.0556. The van der Waals surface area contributed by atoms with E-state index < -0.39 is 5.82 Å². The molecule has 0 radical (unpaired) electrons. The number of carbonyl (C=O) groups excluding carboxylic acids is 1. The molecule has 1 N–H and O–H groups in total. The molecular formula is C18H13ClFNOS. The van der Waals surface area contributed by atoms with E-state index in [1.807, 2.05) is 42.6 Å². The number of rotatable bonds is 3. The maximum absolute atomic E-state index is 13.2. The normalized spacial score (nSPS) is 10.6. The Bertz CT molecular complexity index is 858. The van der Waals surface area contributed by atoms with Crippen molar-refractivity contribution in [2.45, 2.75) is 6.92 Å². The summed E-state index contributed by atoms with van der Waals surface area (Å²) >= 11 is 7.10. The van der Waals surface area contributed by atoms with Gasteiger partial charge in [0, 0.05) is 11.3 Å². The lowest BCUT2D eigenvalue weighted by Crippen LogP contribution is -2.11. The third-order valence-electron chi connectivity index (χ3n) is 3.41. The molecule has 3 aromatic rings.